The van der Waals surface area contributed by atoms with Crippen molar-refractivity contribution in [2.45, 2.75) is 18.2 Å². The number of aromatic nitrogens is 2. The van der Waals surface area contributed by atoms with Gasteiger partial charge in [-0.3, -0.25) is 4.79 Å². The monoisotopic (exact) mass is 470 g/mol. The number of amides is 1. The molecule has 3 aromatic rings. The first-order valence-electron chi connectivity index (χ1n) is 10.6. The molecular weight excluding hydrogens is 444 g/mol. The minimum absolute atomic E-state index is 0.000366. The number of rotatable bonds is 7. The number of para-hydroxylation sites is 1. The lowest BCUT2D eigenvalue weighted by Gasteiger charge is -2.26. The molecule has 0 bridgehead atoms. The van der Waals surface area contributed by atoms with Crippen LogP contribution in [0.2, 0.25) is 0 Å². The van der Waals surface area contributed by atoms with Crippen molar-refractivity contribution in [3.05, 3.63) is 66.0 Å². The number of hydrogen-bond acceptors (Lipinski definition) is 6. The Kier molecular flexibility index (Phi) is 6.77. The Morgan fingerprint density at radius 3 is 2.55 bits per heavy atom. The average molecular weight is 471 g/mol. The predicted octanol–water partition coefficient (Wildman–Crippen LogP) is 2.72. The summed E-state index contributed by atoms with van der Waals surface area (Å²) in [4.78, 5) is 13.1. The van der Waals surface area contributed by atoms with Gasteiger partial charge in [0.25, 0.3) is 5.91 Å². The number of morpholine rings is 1. The quantitative estimate of drug-likeness (QED) is 0.570. The molecule has 0 atom stereocenters. The van der Waals surface area contributed by atoms with Crippen LogP contribution in [0.1, 0.15) is 23.0 Å². The normalized spacial score (nSPS) is 14.7. The predicted molar refractivity (Wildman–Crippen MR) is 123 cm³/mol. The molecule has 33 heavy (non-hydrogen) atoms. The van der Waals surface area contributed by atoms with E-state index in [9.17, 15) is 13.2 Å². The Labute approximate surface area is 193 Å². The lowest BCUT2D eigenvalue weighted by Crippen LogP contribution is -2.40. The first-order valence-corrected chi connectivity index (χ1v) is 12.1. The molecule has 1 fully saturated rings. The molecule has 10 heteroatoms. The van der Waals surface area contributed by atoms with E-state index >= 15 is 0 Å². The maximum absolute atomic E-state index is 13.2. The Morgan fingerprint density at radius 1 is 1.15 bits per heavy atom. The van der Waals surface area contributed by atoms with Gasteiger partial charge >= 0.3 is 0 Å². The highest BCUT2D eigenvalue weighted by Crippen LogP contribution is 2.30. The molecule has 0 radical (unpaired) electrons. The summed E-state index contributed by atoms with van der Waals surface area (Å²) in [7, 11) is -2.40. The van der Waals surface area contributed by atoms with Crippen molar-refractivity contribution in [1.29, 1.82) is 0 Å². The maximum Gasteiger partial charge on any atom is 0.259 e. The van der Waals surface area contributed by atoms with Crippen molar-refractivity contribution in [1.82, 2.24) is 14.1 Å². The summed E-state index contributed by atoms with van der Waals surface area (Å²) in [6.45, 7) is 3.15. The van der Waals surface area contributed by atoms with E-state index in [1.165, 1.54) is 29.7 Å². The first kappa shape index (κ1) is 23.0. The van der Waals surface area contributed by atoms with Gasteiger partial charge in [-0.2, -0.15) is 9.40 Å². The third-order valence-electron chi connectivity index (χ3n) is 5.46. The van der Waals surface area contributed by atoms with E-state index in [-0.39, 0.29) is 29.6 Å². The number of benzene rings is 2. The highest BCUT2D eigenvalue weighted by atomic mass is 32.2. The zero-order valence-corrected chi connectivity index (χ0v) is 19.3. The number of carbonyl (C=O) groups excluding carboxylic acids is 1. The van der Waals surface area contributed by atoms with Crippen LogP contribution in [0, 0.1) is 0 Å². The second-order valence-corrected chi connectivity index (χ2v) is 9.35. The third kappa shape index (κ3) is 4.63. The Hall–Kier alpha value is -3.21. The second kappa shape index (κ2) is 9.74. The Bertz CT molecular complexity index is 1230. The molecule has 1 aliphatic rings. The standard InChI is InChI=1S/C23H26N4O5S/c1-3-20-19(16-24-27(20)18-7-5-4-6-8-18)23(28)25-17-9-10-21(31-2)22(15-17)33(29,30)26-11-13-32-14-12-26/h4-10,15-16H,3,11-14H2,1-2H3,(H,25,28). The number of nitrogens with zero attached hydrogens (tertiary/aromatic N) is 3. The van der Waals surface area contributed by atoms with Gasteiger partial charge in [0.1, 0.15) is 10.6 Å². The molecule has 174 valence electrons. The van der Waals surface area contributed by atoms with E-state index in [0.717, 1.165) is 11.4 Å². The third-order valence-corrected chi connectivity index (χ3v) is 7.38. The minimum atomic E-state index is -3.81. The van der Waals surface area contributed by atoms with Crippen molar-refractivity contribution in [2.75, 3.05) is 38.7 Å². The molecule has 0 unspecified atom stereocenters. The number of nitrogens with one attached hydrogen (secondary N) is 1. The van der Waals surface area contributed by atoms with Crippen LogP contribution in [-0.4, -0.2) is 61.8 Å². The summed E-state index contributed by atoms with van der Waals surface area (Å²) in [5, 5.41) is 7.20. The number of hydrogen-bond donors (Lipinski definition) is 1. The highest BCUT2D eigenvalue weighted by Gasteiger charge is 2.30. The summed E-state index contributed by atoms with van der Waals surface area (Å²) >= 11 is 0. The van der Waals surface area contributed by atoms with Crippen LogP contribution < -0.4 is 10.1 Å². The van der Waals surface area contributed by atoms with Crippen molar-refractivity contribution < 1.29 is 22.7 Å². The molecule has 2 aromatic carbocycles. The SMILES string of the molecule is CCc1c(C(=O)Nc2ccc(OC)c(S(=O)(=O)N3CCOCC3)c2)cnn1-c1ccccc1. The minimum Gasteiger partial charge on any atom is -0.495 e. The molecule has 0 saturated carbocycles. The molecule has 4 rings (SSSR count). The molecular formula is C23H26N4O5S. The van der Waals surface area contributed by atoms with Crippen LogP contribution in [-0.2, 0) is 21.2 Å². The Morgan fingerprint density at radius 2 is 1.88 bits per heavy atom. The molecule has 0 spiro atoms. The van der Waals surface area contributed by atoms with Gasteiger partial charge in [-0.15, -0.1) is 0 Å². The molecule has 1 amide bonds. The molecule has 0 aliphatic carbocycles. The molecule has 1 aromatic heterocycles. The van der Waals surface area contributed by atoms with E-state index in [1.54, 1.807) is 10.7 Å². The molecule has 1 N–H and O–H groups in total. The fourth-order valence-corrected chi connectivity index (χ4v) is 5.37. The highest BCUT2D eigenvalue weighted by molar-refractivity contribution is 7.89. The van der Waals surface area contributed by atoms with Gasteiger partial charge in [0.05, 0.1) is 43.5 Å². The summed E-state index contributed by atoms with van der Waals surface area (Å²) in [5.74, 6) is -0.153. The van der Waals surface area contributed by atoms with Crippen LogP contribution in [0.15, 0.2) is 59.6 Å². The molecule has 2 heterocycles. The van der Waals surface area contributed by atoms with Crippen molar-refractivity contribution in [3.63, 3.8) is 0 Å². The van der Waals surface area contributed by atoms with Crippen LogP contribution >= 0.6 is 0 Å². The fourth-order valence-electron chi connectivity index (χ4n) is 3.78. The van der Waals surface area contributed by atoms with E-state index < -0.39 is 10.0 Å². The fraction of sp³-hybridized carbons (Fsp3) is 0.304. The van der Waals surface area contributed by atoms with Gasteiger partial charge in [0, 0.05) is 18.8 Å². The van der Waals surface area contributed by atoms with Crippen molar-refractivity contribution in [2.24, 2.45) is 0 Å². The van der Waals surface area contributed by atoms with Gasteiger partial charge in [-0.05, 0) is 36.8 Å². The topological polar surface area (TPSA) is 103 Å². The van der Waals surface area contributed by atoms with Crippen molar-refractivity contribution in [3.8, 4) is 11.4 Å². The largest absolute Gasteiger partial charge is 0.495 e. The van der Waals surface area contributed by atoms with E-state index in [4.69, 9.17) is 9.47 Å². The van der Waals surface area contributed by atoms with Crippen molar-refractivity contribution >= 4 is 21.6 Å². The van der Waals surface area contributed by atoms with E-state index in [1.807, 2.05) is 37.3 Å². The summed E-state index contributed by atoms with van der Waals surface area (Å²) < 4.78 is 40.1. The smallest absolute Gasteiger partial charge is 0.259 e. The average Bonchev–Trinajstić information content (AvgIpc) is 3.29. The van der Waals surface area contributed by atoms with Gasteiger partial charge in [0.15, 0.2) is 0 Å². The summed E-state index contributed by atoms with van der Waals surface area (Å²) in [6, 6.07) is 14.1. The van der Waals surface area contributed by atoms with E-state index in [2.05, 4.69) is 10.4 Å². The van der Waals surface area contributed by atoms with Gasteiger partial charge in [-0.25, -0.2) is 13.1 Å². The summed E-state index contributed by atoms with van der Waals surface area (Å²) in [5.41, 5.74) is 2.39. The first-order chi connectivity index (χ1) is 16.0. The van der Waals surface area contributed by atoms with Crippen LogP contribution in [0.5, 0.6) is 5.75 Å². The second-order valence-electron chi connectivity index (χ2n) is 7.44. The van der Waals surface area contributed by atoms with Crippen LogP contribution in [0.4, 0.5) is 5.69 Å². The number of sulfonamides is 1. The van der Waals surface area contributed by atoms with Gasteiger partial charge in [-0.1, -0.05) is 25.1 Å². The lowest BCUT2D eigenvalue weighted by molar-refractivity contribution is 0.0729. The van der Waals surface area contributed by atoms with E-state index in [0.29, 0.717) is 30.9 Å². The summed E-state index contributed by atoms with van der Waals surface area (Å²) in [6.07, 6.45) is 2.12. The molecule has 1 saturated heterocycles. The molecule has 1 aliphatic heterocycles. The number of ether oxygens (including phenoxy) is 2. The lowest BCUT2D eigenvalue weighted by atomic mass is 10.1. The van der Waals surface area contributed by atoms with Gasteiger partial charge in [0.2, 0.25) is 10.0 Å². The van der Waals surface area contributed by atoms with Gasteiger partial charge < -0.3 is 14.8 Å². The maximum atomic E-state index is 13.2. The zero-order chi connectivity index (χ0) is 23.4. The molecule has 9 nitrogen and oxygen atoms in total. The Balaban J connectivity index is 1.63. The van der Waals surface area contributed by atoms with Crippen LogP contribution in [0.3, 0.4) is 0 Å². The van der Waals surface area contributed by atoms with Crippen LogP contribution in [0.25, 0.3) is 5.69 Å². The number of methoxy groups -OCH3 is 1. The number of anilines is 1. The number of carbonyl (C=O) groups is 1. The zero-order valence-electron chi connectivity index (χ0n) is 18.5.